The van der Waals surface area contributed by atoms with Crippen molar-refractivity contribution < 1.29 is 67.7 Å². The molecule has 0 unspecified atom stereocenters. The minimum Gasteiger partial charge on any atom is -0.412 e. The second-order valence-corrected chi connectivity index (χ2v) is 3.71. The van der Waals surface area contributed by atoms with Gasteiger partial charge < -0.3 is 54.8 Å². The highest BCUT2D eigenvalue weighted by Crippen LogP contribution is 2.08. The summed E-state index contributed by atoms with van der Waals surface area (Å²) < 4.78 is 29.6. The topological polar surface area (TPSA) is 369 Å². The van der Waals surface area contributed by atoms with E-state index in [1.54, 1.807) is 12.1 Å². The molecule has 0 aromatic heterocycles. The summed E-state index contributed by atoms with van der Waals surface area (Å²) in [6.45, 7) is 1.84. The van der Waals surface area contributed by atoms with Gasteiger partial charge in [-0.15, -0.1) is 0 Å². The van der Waals surface area contributed by atoms with Crippen LogP contribution in [0.3, 0.4) is 0 Å². The van der Waals surface area contributed by atoms with Crippen LogP contribution in [0.2, 0.25) is 0 Å². The summed E-state index contributed by atoms with van der Waals surface area (Å²) in [7, 11) is -4.02. The Hall–Kier alpha value is -1.27. The van der Waals surface area contributed by atoms with E-state index in [1.165, 1.54) is 12.1 Å². The Labute approximate surface area is 120 Å². The molecule has 1 aromatic carbocycles. The quantitative estimate of drug-likeness (QED) is 0.481. The van der Waals surface area contributed by atoms with Crippen molar-refractivity contribution in [1.29, 1.82) is 0 Å². The van der Waals surface area contributed by atoms with Crippen molar-refractivity contribution >= 4 is 10.1 Å². The summed E-state index contributed by atoms with van der Waals surface area (Å²) in [6, 6.07) is 5.99. The lowest BCUT2D eigenvalue weighted by Crippen LogP contribution is -1.96. The Bertz CT molecular complexity index is 347. The average Bonchev–Trinajstić information content (AvgIpc) is 1.86. The molecule has 0 fully saturated rings. The Morgan fingerprint density at radius 3 is 1.10 bits per heavy atom. The Morgan fingerprint density at radius 1 is 0.667 bits per heavy atom. The molecule has 14 heteroatoms. The second-order valence-electron chi connectivity index (χ2n) is 2.29. The summed E-state index contributed by atoms with van der Waals surface area (Å²) in [5.41, 5.74) is 0.956. The van der Waals surface area contributed by atoms with E-state index in [0.29, 0.717) is 0 Å². The van der Waals surface area contributed by atoms with Gasteiger partial charge in [0.05, 0.1) is 4.90 Å². The van der Waals surface area contributed by atoms with Gasteiger partial charge >= 0.3 is 0 Å². The van der Waals surface area contributed by atoms with Crippen molar-refractivity contribution in [3.8, 4) is 0 Å². The molecule has 0 heterocycles. The lowest BCUT2D eigenvalue weighted by atomic mass is 10.2. The second kappa shape index (κ2) is 27.1. The smallest absolute Gasteiger partial charge is 0.294 e. The predicted molar refractivity (Wildman–Crippen MR) is 77.1 cm³/mol. The Balaban J connectivity index is -0.0000000151. The molecule has 0 atom stereocenters. The van der Waals surface area contributed by atoms with E-state index in [2.05, 4.69) is 0 Å². The van der Waals surface area contributed by atoms with Gasteiger partial charge in [0, 0.05) is 0 Å². The van der Waals surface area contributed by atoms with Crippen molar-refractivity contribution in [3.05, 3.63) is 29.8 Å². The minimum atomic E-state index is -4.02. The van der Waals surface area contributed by atoms with Crippen LogP contribution < -0.4 is 0 Å². The van der Waals surface area contributed by atoms with Gasteiger partial charge in [0.15, 0.2) is 0 Å². The number of hydrogen-bond acceptors (Lipinski definition) is 2. The molecule has 0 saturated carbocycles. The van der Waals surface area contributed by atoms with E-state index in [0.717, 1.165) is 5.56 Å². The third-order valence-corrected chi connectivity index (χ3v) is 2.19. The first kappa shape index (κ1) is 73.1. The Kier molecular flexibility index (Phi) is 94.5. The molecule has 0 spiro atoms. The minimum absolute atomic E-state index is 0. The molecule has 0 radical (unpaired) electrons. The first-order valence-corrected chi connectivity index (χ1v) is 4.48. The molecule has 0 saturated heterocycles. The van der Waals surface area contributed by atoms with Gasteiger partial charge in [-0.2, -0.15) is 8.42 Å². The standard InChI is InChI=1S/C7H8O3S.10H2O/c1-6-2-4-7(5-3-6)11(8,9)10;;;;;;;;;;/h2-5H,1H3,(H,8,9,10);10*1H2. The molecule has 1 rings (SSSR count). The van der Waals surface area contributed by atoms with Crippen molar-refractivity contribution in [3.63, 3.8) is 0 Å². The van der Waals surface area contributed by atoms with Gasteiger partial charge in [0.1, 0.15) is 0 Å². The molecular formula is C7H28O13S. The van der Waals surface area contributed by atoms with Crippen LogP contribution in [0.15, 0.2) is 29.2 Å². The first-order valence-electron chi connectivity index (χ1n) is 3.04. The molecule has 140 valence electrons. The van der Waals surface area contributed by atoms with E-state index in [4.69, 9.17) is 4.55 Å². The zero-order valence-corrected chi connectivity index (χ0v) is 11.8. The maximum Gasteiger partial charge on any atom is 0.294 e. The summed E-state index contributed by atoms with van der Waals surface area (Å²) in [5, 5.41) is 0. The molecular weight excluding hydrogens is 324 g/mol. The fraction of sp³-hybridized carbons (Fsp3) is 0.143. The van der Waals surface area contributed by atoms with Crippen LogP contribution >= 0.6 is 0 Å². The van der Waals surface area contributed by atoms with Gasteiger partial charge in [-0.1, -0.05) is 17.7 Å². The van der Waals surface area contributed by atoms with Crippen LogP contribution in [0.4, 0.5) is 0 Å². The van der Waals surface area contributed by atoms with Crippen molar-refractivity contribution in [2.45, 2.75) is 11.8 Å². The largest absolute Gasteiger partial charge is 0.412 e. The van der Waals surface area contributed by atoms with Crippen LogP contribution in [-0.2, 0) is 10.1 Å². The van der Waals surface area contributed by atoms with Gasteiger partial charge in [-0.25, -0.2) is 0 Å². The third-order valence-electron chi connectivity index (χ3n) is 1.32. The first-order chi connectivity index (χ1) is 5.00. The van der Waals surface area contributed by atoms with Crippen molar-refractivity contribution in [1.82, 2.24) is 0 Å². The maximum absolute atomic E-state index is 10.5. The lowest BCUT2D eigenvalue weighted by molar-refractivity contribution is 0.483. The normalized spacial score (nSPS) is 6.00. The molecule has 21 N–H and O–H groups in total. The molecule has 1 aromatic rings. The molecule has 0 aliphatic rings. The fourth-order valence-electron chi connectivity index (χ4n) is 0.710. The molecule has 0 aliphatic heterocycles. The van der Waals surface area contributed by atoms with Gasteiger partial charge in [-0.3, -0.25) is 4.55 Å². The van der Waals surface area contributed by atoms with Gasteiger partial charge in [0.2, 0.25) is 0 Å². The average molecular weight is 352 g/mol. The monoisotopic (exact) mass is 352 g/mol. The highest BCUT2D eigenvalue weighted by molar-refractivity contribution is 7.85. The zero-order valence-electron chi connectivity index (χ0n) is 11.0. The van der Waals surface area contributed by atoms with Crippen molar-refractivity contribution in [2.24, 2.45) is 0 Å². The summed E-state index contributed by atoms with van der Waals surface area (Å²) in [4.78, 5) is -0.0666. The lowest BCUT2D eigenvalue weighted by Gasteiger charge is -1.95. The van der Waals surface area contributed by atoms with Gasteiger partial charge in [-0.05, 0) is 19.1 Å². The van der Waals surface area contributed by atoms with Crippen LogP contribution in [0, 0.1) is 6.92 Å². The summed E-state index contributed by atoms with van der Waals surface area (Å²) >= 11 is 0. The number of benzene rings is 1. The van der Waals surface area contributed by atoms with Crippen molar-refractivity contribution in [2.75, 3.05) is 0 Å². The van der Waals surface area contributed by atoms with E-state index in [-0.39, 0.29) is 59.7 Å². The van der Waals surface area contributed by atoms with Crippen LogP contribution in [0.5, 0.6) is 0 Å². The summed E-state index contributed by atoms with van der Waals surface area (Å²) in [5.74, 6) is 0. The maximum atomic E-state index is 10.5. The summed E-state index contributed by atoms with van der Waals surface area (Å²) in [6.07, 6.45) is 0. The van der Waals surface area contributed by atoms with Crippen LogP contribution in [0.1, 0.15) is 5.56 Å². The van der Waals surface area contributed by atoms with E-state index >= 15 is 0 Å². The number of hydrogen-bond donors (Lipinski definition) is 1. The molecule has 0 amide bonds. The molecule has 21 heavy (non-hydrogen) atoms. The SMILES string of the molecule is Cc1ccc(S(=O)(=O)O)cc1.O.O.O.O.O.O.O.O.O.O. The van der Waals surface area contributed by atoms with E-state index in [1.807, 2.05) is 6.92 Å². The highest BCUT2D eigenvalue weighted by atomic mass is 32.2. The molecule has 13 nitrogen and oxygen atoms in total. The predicted octanol–water partition coefficient (Wildman–Crippen LogP) is -7.01. The number of aryl methyl sites for hydroxylation is 1. The Morgan fingerprint density at radius 2 is 0.905 bits per heavy atom. The van der Waals surface area contributed by atoms with E-state index in [9.17, 15) is 8.42 Å². The zero-order chi connectivity index (χ0) is 8.48. The van der Waals surface area contributed by atoms with Gasteiger partial charge in [0.25, 0.3) is 10.1 Å². The fourth-order valence-corrected chi connectivity index (χ4v) is 1.19. The van der Waals surface area contributed by atoms with Crippen LogP contribution in [0.25, 0.3) is 0 Å². The molecule has 0 bridgehead atoms. The van der Waals surface area contributed by atoms with E-state index < -0.39 is 10.1 Å². The highest BCUT2D eigenvalue weighted by Gasteiger charge is 2.06. The number of rotatable bonds is 1. The molecule has 0 aliphatic carbocycles. The van der Waals surface area contributed by atoms with Crippen LogP contribution in [-0.4, -0.2) is 67.7 Å². The third kappa shape index (κ3) is 24.2.